The Morgan fingerprint density at radius 1 is 0.453 bits per heavy atom. The van der Waals surface area contributed by atoms with Gasteiger partial charge in [0.1, 0.15) is 29.4 Å². The van der Waals surface area contributed by atoms with Crippen molar-refractivity contribution in [1.82, 2.24) is 44.0 Å². The fourth-order valence-corrected chi connectivity index (χ4v) is 4.24. The van der Waals surface area contributed by atoms with Gasteiger partial charge in [-0.2, -0.15) is 0 Å². The summed E-state index contributed by atoms with van der Waals surface area (Å²) in [4.78, 5) is 27.1. The lowest BCUT2D eigenvalue weighted by atomic mass is 10.4. The fourth-order valence-electron chi connectivity index (χ4n) is 3.80. The molecule has 12 nitrogen and oxygen atoms in total. The van der Waals surface area contributed by atoms with Crippen LogP contribution in [-0.2, 0) is 14.1 Å². The second kappa shape index (κ2) is 40.3. The minimum absolute atomic E-state index is 0. The minimum atomic E-state index is 0. The Morgan fingerprint density at radius 2 is 1.03 bits per heavy atom. The molecule has 0 bridgehead atoms. The topological polar surface area (TPSA) is 140 Å². The third-order valence-corrected chi connectivity index (χ3v) is 7.96. The van der Waals surface area contributed by atoms with E-state index in [1.165, 1.54) is 11.4 Å². The summed E-state index contributed by atoms with van der Waals surface area (Å²) in [5.74, 6) is 4.47. The van der Waals surface area contributed by atoms with Gasteiger partial charge in [-0.05, 0) is 129 Å². The number of hydrogen-bond acceptors (Lipinski definition) is 11. The molecule has 0 atom stereocenters. The molecule has 9 aromatic heterocycles. The molecule has 0 saturated carbocycles. The number of nitrogens with zero attached hydrogens (tertiary/aromatic N) is 9. The first-order chi connectivity index (χ1) is 28.8. The predicted molar refractivity (Wildman–Crippen MR) is 269 cm³/mol. The Balaban J connectivity index is -0.000000314. The van der Waals surface area contributed by atoms with Crippen molar-refractivity contribution in [2.75, 3.05) is 0 Å². The van der Waals surface area contributed by atoms with Crippen LogP contribution in [0.3, 0.4) is 0 Å². The summed E-state index contributed by atoms with van der Waals surface area (Å²) in [6.07, 6.45) is 21.0. The Hall–Kier alpha value is -6.73. The van der Waals surface area contributed by atoms with Gasteiger partial charge < -0.3 is 22.4 Å². The Kier molecular flexibility index (Phi) is 40.3. The number of oxazole rings is 1. The molecule has 9 aromatic rings. The summed E-state index contributed by atoms with van der Waals surface area (Å²) in [7, 11) is 4.07. The van der Waals surface area contributed by atoms with Crippen molar-refractivity contribution in [2.24, 2.45) is 14.1 Å². The molecule has 9 rings (SSSR count). The second-order valence-electron chi connectivity index (χ2n) is 12.6. The van der Waals surface area contributed by atoms with Crippen molar-refractivity contribution >= 4 is 11.3 Å². The van der Waals surface area contributed by atoms with Crippen LogP contribution in [0.2, 0.25) is 0 Å². The normalized spacial score (nSPS) is 8.44. The summed E-state index contributed by atoms with van der Waals surface area (Å²) in [5.41, 5.74) is 4.64. The molecule has 0 aliphatic carbocycles. The van der Waals surface area contributed by atoms with E-state index < -0.39 is 0 Å². The van der Waals surface area contributed by atoms with Crippen molar-refractivity contribution in [3.63, 3.8) is 0 Å². The van der Waals surface area contributed by atoms with Crippen molar-refractivity contribution in [1.29, 1.82) is 0 Å². The van der Waals surface area contributed by atoms with Crippen LogP contribution in [0, 0.1) is 69.2 Å². The first kappa shape index (κ1) is 63.9. The maximum absolute atomic E-state index is 5.08. The van der Waals surface area contributed by atoms with E-state index in [0.717, 1.165) is 45.4 Å². The van der Waals surface area contributed by atoms with Crippen LogP contribution in [0.1, 0.15) is 86.5 Å². The van der Waals surface area contributed by atoms with E-state index in [4.69, 9.17) is 13.3 Å². The van der Waals surface area contributed by atoms with Crippen LogP contribution in [0.5, 0.6) is 0 Å². The summed E-state index contributed by atoms with van der Waals surface area (Å²) >= 11 is 1.67. The monoisotopic (exact) mass is 896 g/mol. The van der Waals surface area contributed by atoms with E-state index in [2.05, 4.69) is 70.0 Å². The highest BCUT2D eigenvalue weighted by Crippen LogP contribution is 2.02. The maximum Gasteiger partial charge on any atom is 0.190 e. The van der Waals surface area contributed by atoms with Gasteiger partial charge in [-0.3, -0.25) is 19.9 Å². The van der Waals surface area contributed by atoms with Crippen LogP contribution in [0.15, 0.2) is 166 Å². The highest BCUT2D eigenvalue weighted by atomic mass is 32.1. The third kappa shape index (κ3) is 36.0. The van der Waals surface area contributed by atoms with Gasteiger partial charge in [0.2, 0.25) is 0 Å². The number of aryl methyl sites for hydroxylation is 12. The van der Waals surface area contributed by atoms with Crippen LogP contribution >= 0.6 is 11.3 Å². The largest absolute Gasteiger partial charge is 0.470 e. The van der Waals surface area contributed by atoms with Crippen LogP contribution in [-0.4, -0.2) is 44.0 Å². The lowest BCUT2D eigenvalue weighted by Crippen LogP contribution is -1.84. The zero-order chi connectivity index (χ0) is 44.4. The van der Waals surface area contributed by atoms with Crippen molar-refractivity contribution in [3.8, 4) is 0 Å². The summed E-state index contributed by atoms with van der Waals surface area (Å²) in [6, 6.07) is 23.6. The summed E-state index contributed by atoms with van der Waals surface area (Å²) in [5, 5.41) is 3.10. The molecular formula is C51H77N9O3S. The average molecular weight is 896 g/mol. The number of thiazole rings is 1. The van der Waals surface area contributed by atoms with E-state index in [-0.39, 0.29) is 29.7 Å². The molecule has 0 fully saturated rings. The fraction of sp³-hybridized carbons (Fsp3) is 0.314. The highest BCUT2D eigenvalue weighted by Gasteiger charge is 1.86. The molecule has 0 N–H and O–H groups in total. The molecule has 64 heavy (non-hydrogen) atoms. The van der Waals surface area contributed by atoms with Gasteiger partial charge in [0.05, 0.1) is 23.2 Å². The van der Waals surface area contributed by atoms with Crippen LogP contribution in [0.25, 0.3) is 0 Å². The molecule has 13 heteroatoms. The van der Waals surface area contributed by atoms with E-state index in [1.807, 2.05) is 135 Å². The van der Waals surface area contributed by atoms with Gasteiger partial charge in [-0.15, -0.1) is 11.3 Å². The van der Waals surface area contributed by atoms with E-state index >= 15 is 0 Å². The molecule has 0 aromatic carbocycles. The standard InChI is InChI=1S/2C6H9N.C6H7N.C6H8O.2C5H6N2.C5H6O.C4H5NO.C4H5NS.4CH4/c2*1-6-4-3-5-7(6)2;1-6-4-2-3-5-7-6;1-5-3-4-6(2)7-5;1-5-4-6-2-3-7-5;1-5-6-3-2-4-7-5;1-5-3-2-4-6-5;2*1-4-5-2-3-6-4;;;;/h2*3-5H,1-2H3;2-5H,1H3;3-4H,1-2H3;2*2-4H,1H3;2-4H,1H3;2*2-3H,1H3;4*1H4. The van der Waals surface area contributed by atoms with Crippen molar-refractivity contribution in [2.45, 2.75) is 98.9 Å². The van der Waals surface area contributed by atoms with E-state index in [0.29, 0.717) is 0 Å². The Bertz CT molecular complexity index is 1980. The number of furan rings is 2. The number of hydrogen-bond donors (Lipinski definition) is 0. The molecule has 350 valence electrons. The van der Waals surface area contributed by atoms with Gasteiger partial charge in [0.15, 0.2) is 5.89 Å². The third-order valence-electron chi connectivity index (χ3n) is 7.26. The van der Waals surface area contributed by atoms with Gasteiger partial charge in [0.25, 0.3) is 0 Å². The van der Waals surface area contributed by atoms with Gasteiger partial charge in [-0.1, -0.05) is 35.8 Å². The zero-order valence-corrected chi connectivity index (χ0v) is 37.9. The lowest BCUT2D eigenvalue weighted by Gasteiger charge is -1.89. The maximum atomic E-state index is 5.08. The molecule has 0 aliphatic rings. The second-order valence-corrected chi connectivity index (χ2v) is 13.7. The van der Waals surface area contributed by atoms with Gasteiger partial charge >= 0.3 is 0 Å². The first-order valence-corrected chi connectivity index (χ1v) is 19.9. The van der Waals surface area contributed by atoms with Crippen LogP contribution in [0.4, 0.5) is 0 Å². The molecule has 0 saturated heterocycles. The lowest BCUT2D eigenvalue weighted by molar-refractivity contribution is 0.504. The smallest absolute Gasteiger partial charge is 0.190 e. The molecular weight excluding hydrogens is 819 g/mol. The van der Waals surface area contributed by atoms with E-state index in [9.17, 15) is 0 Å². The van der Waals surface area contributed by atoms with Crippen molar-refractivity contribution in [3.05, 3.63) is 209 Å². The van der Waals surface area contributed by atoms with E-state index in [1.54, 1.807) is 86.4 Å². The van der Waals surface area contributed by atoms with Gasteiger partial charge in [0, 0.05) is 99.3 Å². The Labute approximate surface area is 389 Å². The molecule has 0 aliphatic heterocycles. The number of aromatic nitrogens is 9. The number of pyridine rings is 1. The molecule has 0 unspecified atom stereocenters. The predicted octanol–water partition coefficient (Wildman–Crippen LogP) is 14.1. The van der Waals surface area contributed by atoms with Crippen LogP contribution < -0.4 is 0 Å². The van der Waals surface area contributed by atoms with Crippen molar-refractivity contribution < 1.29 is 13.3 Å². The SMILES string of the molecule is C.C.C.C.Cc1ccc(C)o1.Cc1ccccn1.Cc1cccn1C.Cc1cccn1C.Cc1ccco1.Cc1cnccn1.Cc1ncccn1.Cc1ncco1.Cc1nccs1. The highest BCUT2D eigenvalue weighted by molar-refractivity contribution is 7.09. The molecule has 0 amide bonds. The zero-order valence-electron chi connectivity index (χ0n) is 37.1. The average Bonchev–Trinajstić information content (AvgIpc) is 4.13. The minimum Gasteiger partial charge on any atom is -0.470 e. The Morgan fingerprint density at radius 3 is 1.20 bits per heavy atom. The first-order valence-electron chi connectivity index (χ1n) is 19.0. The van der Waals surface area contributed by atoms with Gasteiger partial charge in [-0.25, -0.2) is 15.0 Å². The molecule has 0 spiro atoms. The molecule has 0 radical (unpaired) electrons. The summed E-state index contributed by atoms with van der Waals surface area (Å²) in [6.45, 7) is 19.5. The number of rotatable bonds is 0. The quantitative estimate of drug-likeness (QED) is 0.144. The molecule has 9 heterocycles. The summed E-state index contributed by atoms with van der Waals surface area (Å²) < 4.78 is 18.8.